The summed E-state index contributed by atoms with van der Waals surface area (Å²) in [5.74, 6) is 0.0163. The number of hydrogen-bond acceptors (Lipinski definition) is 5. The molecule has 0 aliphatic heterocycles. The predicted molar refractivity (Wildman–Crippen MR) is 79.9 cm³/mol. The van der Waals surface area contributed by atoms with Crippen LogP contribution >= 0.6 is 0 Å². The minimum absolute atomic E-state index is 0.0163. The standard InChI is InChI=1S/C15H12N4O2/c20-17-14-13(11-7-3-1-4-8-11)16-19(15(14)18-21)12-9-5-2-6-10-12/h1-10,17,20H. The summed E-state index contributed by atoms with van der Waals surface area (Å²) in [7, 11) is 0. The van der Waals surface area contributed by atoms with Gasteiger partial charge in [-0.25, -0.2) is 4.68 Å². The van der Waals surface area contributed by atoms with Crippen molar-refractivity contribution in [1.29, 1.82) is 0 Å². The Morgan fingerprint density at radius 3 is 2.19 bits per heavy atom. The highest BCUT2D eigenvalue weighted by atomic mass is 16.5. The van der Waals surface area contributed by atoms with Gasteiger partial charge in [-0.15, -0.1) is 4.91 Å². The van der Waals surface area contributed by atoms with E-state index in [9.17, 15) is 10.1 Å². The van der Waals surface area contributed by atoms with Gasteiger partial charge in [0.25, 0.3) is 0 Å². The van der Waals surface area contributed by atoms with E-state index >= 15 is 0 Å². The third-order valence-corrected chi connectivity index (χ3v) is 3.11. The molecule has 6 heteroatoms. The highest BCUT2D eigenvalue weighted by Crippen LogP contribution is 2.36. The molecule has 6 nitrogen and oxygen atoms in total. The summed E-state index contributed by atoms with van der Waals surface area (Å²) in [6.07, 6.45) is 0. The quantitative estimate of drug-likeness (QED) is 0.563. The fraction of sp³-hybridized carbons (Fsp3) is 0. The van der Waals surface area contributed by atoms with Crippen LogP contribution in [0.15, 0.2) is 65.8 Å². The van der Waals surface area contributed by atoms with Crippen LogP contribution in [-0.4, -0.2) is 15.0 Å². The molecule has 0 bridgehead atoms. The summed E-state index contributed by atoms with van der Waals surface area (Å²) in [5.41, 5.74) is 4.12. The molecule has 0 aliphatic rings. The molecule has 104 valence electrons. The molecule has 1 heterocycles. The molecule has 2 aromatic carbocycles. The van der Waals surface area contributed by atoms with Crippen molar-refractivity contribution in [3.8, 4) is 16.9 Å². The van der Waals surface area contributed by atoms with Crippen LogP contribution in [0.4, 0.5) is 11.5 Å². The summed E-state index contributed by atoms with van der Waals surface area (Å²) in [4.78, 5) is 11.2. The van der Waals surface area contributed by atoms with Crippen molar-refractivity contribution >= 4 is 11.5 Å². The van der Waals surface area contributed by atoms with E-state index < -0.39 is 0 Å². The van der Waals surface area contributed by atoms with Crippen molar-refractivity contribution in [2.24, 2.45) is 5.18 Å². The van der Waals surface area contributed by atoms with Gasteiger partial charge >= 0.3 is 0 Å². The first-order valence-electron chi connectivity index (χ1n) is 6.32. The molecule has 0 fully saturated rings. The minimum atomic E-state index is 0.0163. The second-order valence-corrected chi connectivity index (χ2v) is 4.36. The van der Waals surface area contributed by atoms with Gasteiger partial charge < -0.3 is 0 Å². The lowest BCUT2D eigenvalue weighted by molar-refractivity contribution is 0.389. The molecule has 3 aromatic rings. The van der Waals surface area contributed by atoms with Gasteiger partial charge in [-0.05, 0) is 17.3 Å². The maximum atomic E-state index is 11.2. The number of rotatable bonds is 4. The summed E-state index contributed by atoms with van der Waals surface area (Å²) in [6, 6.07) is 18.4. The van der Waals surface area contributed by atoms with Crippen molar-refractivity contribution in [2.75, 3.05) is 5.48 Å². The third kappa shape index (κ3) is 2.28. The lowest BCUT2D eigenvalue weighted by atomic mass is 10.1. The lowest BCUT2D eigenvalue weighted by Crippen LogP contribution is -1.95. The average Bonchev–Trinajstić information content (AvgIpc) is 2.95. The van der Waals surface area contributed by atoms with Crippen LogP contribution in [-0.2, 0) is 0 Å². The molecule has 3 rings (SSSR count). The van der Waals surface area contributed by atoms with E-state index in [2.05, 4.69) is 10.3 Å². The first kappa shape index (κ1) is 13.0. The van der Waals surface area contributed by atoms with E-state index in [1.807, 2.05) is 54.0 Å². The highest BCUT2D eigenvalue weighted by Gasteiger charge is 2.20. The molecular weight excluding hydrogens is 268 g/mol. The summed E-state index contributed by atoms with van der Waals surface area (Å²) < 4.78 is 1.40. The Hall–Kier alpha value is -2.99. The van der Waals surface area contributed by atoms with Gasteiger partial charge in [0.05, 0.1) is 5.69 Å². The zero-order valence-electron chi connectivity index (χ0n) is 11.0. The van der Waals surface area contributed by atoms with Gasteiger partial charge in [-0.1, -0.05) is 48.5 Å². The van der Waals surface area contributed by atoms with Crippen molar-refractivity contribution < 1.29 is 5.21 Å². The number of aromatic nitrogens is 2. The monoisotopic (exact) mass is 280 g/mol. The van der Waals surface area contributed by atoms with Gasteiger partial charge in [0.1, 0.15) is 11.4 Å². The molecule has 0 saturated heterocycles. The van der Waals surface area contributed by atoms with Gasteiger partial charge in [-0.3, -0.25) is 10.7 Å². The van der Waals surface area contributed by atoms with Gasteiger partial charge in [0, 0.05) is 5.56 Å². The summed E-state index contributed by atoms with van der Waals surface area (Å²) in [6.45, 7) is 0. The fourth-order valence-corrected chi connectivity index (χ4v) is 2.14. The van der Waals surface area contributed by atoms with Crippen molar-refractivity contribution in [3.05, 3.63) is 65.6 Å². The molecule has 0 aliphatic carbocycles. The zero-order chi connectivity index (χ0) is 14.7. The minimum Gasteiger partial charge on any atom is -0.291 e. The summed E-state index contributed by atoms with van der Waals surface area (Å²) >= 11 is 0. The van der Waals surface area contributed by atoms with E-state index in [1.54, 1.807) is 12.1 Å². The van der Waals surface area contributed by atoms with E-state index in [0.717, 1.165) is 5.56 Å². The largest absolute Gasteiger partial charge is 0.291 e. The van der Waals surface area contributed by atoms with Gasteiger partial charge in [0.15, 0.2) is 0 Å². The molecule has 21 heavy (non-hydrogen) atoms. The first-order chi connectivity index (χ1) is 10.3. The lowest BCUT2D eigenvalue weighted by Gasteiger charge is -2.01. The van der Waals surface area contributed by atoms with Crippen LogP contribution in [0.2, 0.25) is 0 Å². The first-order valence-corrected chi connectivity index (χ1v) is 6.32. The number of nitrogens with one attached hydrogen (secondary N) is 1. The molecule has 0 amide bonds. The molecule has 0 unspecified atom stereocenters. The molecule has 2 N–H and O–H groups in total. The SMILES string of the molecule is O=Nc1c(NO)c(-c2ccccc2)nn1-c1ccccc1. The number of anilines is 1. The highest BCUT2D eigenvalue weighted by molar-refractivity contribution is 5.82. The Labute approximate surface area is 120 Å². The average molecular weight is 280 g/mol. The normalized spacial score (nSPS) is 10.3. The van der Waals surface area contributed by atoms with Crippen molar-refractivity contribution in [1.82, 2.24) is 9.78 Å². The molecular formula is C15H12N4O2. The second-order valence-electron chi connectivity index (χ2n) is 4.36. The maximum absolute atomic E-state index is 11.2. The van der Waals surface area contributed by atoms with Crippen LogP contribution < -0.4 is 5.48 Å². The van der Waals surface area contributed by atoms with Crippen molar-refractivity contribution in [3.63, 3.8) is 0 Å². The van der Waals surface area contributed by atoms with E-state index in [-0.39, 0.29) is 11.5 Å². The van der Waals surface area contributed by atoms with Crippen LogP contribution in [0, 0.1) is 4.91 Å². The molecule has 1 aromatic heterocycles. The molecule has 0 radical (unpaired) electrons. The number of benzene rings is 2. The predicted octanol–water partition coefficient (Wildman–Crippen LogP) is 3.74. The number of nitrogens with zero attached hydrogens (tertiary/aromatic N) is 3. The fourth-order valence-electron chi connectivity index (χ4n) is 2.14. The van der Waals surface area contributed by atoms with Gasteiger partial charge in [-0.2, -0.15) is 5.10 Å². The van der Waals surface area contributed by atoms with Crippen LogP contribution in [0.1, 0.15) is 0 Å². The molecule has 0 spiro atoms. The Morgan fingerprint density at radius 1 is 1.00 bits per heavy atom. The summed E-state index contributed by atoms with van der Waals surface area (Å²) in [5, 5.41) is 16.7. The van der Waals surface area contributed by atoms with Crippen LogP contribution in [0.5, 0.6) is 0 Å². The smallest absolute Gasteiger partial charge is 0.226 e. The number of para-hydroxylation sites is 1. The number of hydrogen-bond donors (Lipinski definition) is 2. The van der Waals surface area contributed by atoms with Crippen LogP contribution in [0.3, 0.4) is 0 Å². The van der Waals surface area contributed by atoms with E-state index in [4.69, 9.17) is 0 Å². The third-order valence-electron chi connectivity index (χ3n) is 3.11. The van der Waals surface area contributed by atoms with E-state index in [1.165, 1.54) is 4.68 Å². The molecule has 0 saturated carbocycles. The topological polar surface area (TPSA) is 79.5 Å². The Bertz CT molecular complexity index is 754. The zero-order valence-corrected chi connectivity index (χ0v) is 11.0. The number of nitroso groups, excluding NO2 is 1. The van der Waals surface area contributed by atoms with Crippen LogP contribution in [0.25, 0.3) is 16.9 Å². The Kier molecular flexibility index (Phi) is 3.44. The van der Waals surface area contributed by atoms with Crippen molar-refractivity contribution in [2.45, 2.75) is 0 Å². The maximum Gasteiger partial charge on any atom is 0.226 e. The Morgan fingerprint density at radius 2 is 1.62 bits per heavy atom. The van der Waals surface area contributed by atoms with Gasteiger partial charge in [0.2, 0.25) is 5.82 Å². The second kappa shape index (κ2) is 5.56. The Balaban J connectivity index is 2.24. The molecule has 0 atom stereocenters. The van der Waals surface area contributed by atoms with E-state index in [0.29, 0.717) is 11.4 Å².